The highest BCUT2D eigenvalue weighted by Crippen LogP contribution is 2.17. The van der Waals surface area contributed by atoms with Crippen molar-refractivity contribution in [2.45, 2.75) is 33.2 Å². The van der Waals surface area contributed by atoms with Crippen LogP contribution in [0.4, 0.5) is 0 Å². The van der Waals surface area contributed by atoms with Crippen LogP contribution in [0.25, 0.3) is 0 Å². The number of aromatic nitrogens is 1. The van der Waals surface area contributed by atoms with Gasteiger partial charge in [-0.25, -0.2) is 0 Å². The SMILES string of the molecule is CCCn1cc(Br)cc1C(=O)N(CC)CCCN(C)C. The number of rotatable bonds is 8. The van der Waals surface area contributed by atoms with Crippen LogP contribution in [0.5, 0.6) is 0 Å². The van der Waals surface area contributed by atoms with E-state index in [1.165, 1.54) is 0 Å². The van der Waals surface area contributed by atoms with Crippen molar-refractivity contribution in [3.8, 4) is 0 Å². The van der Waals surface area contributed by atoms with E-state index >= 15 is 0 Å². The van der Waals surface area contributed by atoms with Gasteiger partial charge >= 0.3 is 0 Å². The van der Waals surface area contributed by atoms with Crippen LogP contribution < -0.4 is 0 Å². The average molecular weight is 344 g/mol. The van der Waals surface area contributed by atoms with Gasteiger partial charge in [-0.1, -0.05) is 6.92 Å². The molecule has 1 aromatic rings. The summed E-state index contributed by atoms with van der Waals surface area (Å²) in [5.74, 6) is 0.130. The van der Waals surface area contributed by atoms with Crippen LogP contribution in [0.2, 0.25) is 0 Å². The molecule has 5 heteroatoms. The minimum atomic E-state index is 0.130. The lowest BCUT2D eigenvalue weighted by molar-refractivity contribution is 0.0748. The third kappa shape index (κ3) is 4.94. The number of hydrogen-bond donors (Lipinski definition) is 0. The number of carbonyl (C=O) groups excluding carboxylic acids is 1. The molecule has 0 saturated carbocycles. The predicted octanol–water partition coefficient (Wildman–Crippen LogP) is 3.07. The Balaban J connectivity index is 2.74. The molecule has 0 spiro atoms. The zero-order valence-corrected chi connectivity index (χ0v) is 14.6. The maximum Gasteiger partial charge on any atom is 0.270 e. The highest BCUT2D eigenvalue weighted by atomic mass is 79.9. The van der Waals surface area contributed by atoms with Gasteiger partial charge in [0.1, 0.15) is 5.69 Å². The Morgan fingerprint density at radius 1 is 1.30 bits per heavy atom. The quantitative estimate of drug-likeness (QED) is 0.725. The monoisotopic (exact) mass is 343 g/mol. The minimum absolute atomic E-state index is 0.130. The predicted molar refractivity (Wildman–Crippen MR) is 87.2 cm³/mol. The maximum atomic E-state index is 12.6. The molecule has 0 aliphatic carbocycles. The van der Waals surface area contributed by atoms with Crippen LogP contribution >= 0.6 is 15.9 Å². The smallest absolute Gasteiger partial charge is 0.270 e. The summed E-state index contributed by atoms with van der Waals surface area (Å²) < 4.78 is 3.01. The van der Waals surface area contributed by atoms with Crippen LogP contribution in [0.1, 0.15) is 37.2 Å². The van der Waals surface area contributed by atoms with E-state index in [-0.39, 0.29) is 5.91 Å². The third-order valence-corrected chi connectivity index (χ3v) is 3.68. The zero-order valence-electron chi connectivity index (χ0n) is 13.0. The Hall–Kier alpha value is -0.810. The van der Waals surface area contributed by atoms with Gasteiger partial charge in [0.25, 0.3) is 5.91 Å². The Kier molecular flexibility index (Phi) is 7.30. The second kappa shape index (κ2) is 8.47. The van der Waals surface area contributed by atoms with E-state index in [1.54, 1.807) is 0 Å². The highest BCUT2D eigenvalue weighted by molar-refractivity contribution is 9.10. The van der Waals surface area contributed by atoms with Crippen LogP contribution in [0, 0.1) is 0 Å². The van der Waals surface area contributed by atoms with E-state index in [0.717, 1.165) is 49.2 Å². The molecular weight excluding hydrogens is 318 g/mol. The van der Waals surface area contributed by atoms with Crippen molar-refractivity contribution >= 4 is 21.8 Å². The summed E-state index contributed by atoms with van der Waals surface area (Å²) in [6.45, 7) is 7.60. The molecular formula is C15H26BrN3O. The van der Waals surface area contributed by atoms with Gasteiger partial charge < -0.3 is 14.4 Å². The number of carbonyl (C=O) groups is 1. The number of hydrogen-bond acceptors (Lipinski definition) is 2. The van der Waals surface area contributed by atoms with Crippen molar-refractivity contribution in [2.24, 2.45) is 0 Å². The van der Waals surface area contributed by atoms with Gasteiger partial charge in [0, 0.05) is 30.3 Å². The molecule has 0 aliphatic heterocycles. The van der Waals surface area contributed by atoms with Crippen LogP contribution in [-0.2, 0) is 6.54 Å². The number of nitrogens with zero attached hydrogens (tertiary/aromatic N) is 3. The number of aryl methyl sites for hydroxylation is 1. The Morgan fingerprint density at radius 3 is 2.55 bits per heavy atom. The van der Waals surface area contributed by atoms with Crippen molar-refractivity contribution in [3.63, 3.8) is 0 Å². The fourth-order valence-corrected chi connectivity index (χ4v) is 2.69. The lowest BCUT2D eigenvalue weighted by Gasteiger charge is -2.22. The van der Waals surface area contributed by atoms with Crippen molar-refractivity contribution in [3.05, 3.63) is 22.4 Å². The van der Waals surface area contributed by atoms with Gasteiger partial charge in [0.15, 0.2) is 0 Å². The van der Waals surface area contributed by atoms with E-state index in [1.807, 2.05) is 28.7 Å². The Morgan fingerprint density at radius 2 is 2.00 bits per heavy atom. The normalized spacial score (nSPS) is 11.1. The van der Waals surface area contributed by atoms with Gasteiger partial charge in [-0.05, 0) is 62.4 Å². The Labute approximate surface area is 130 Å². The summed E-state index contributed by atoms with van der Waals surface area (Å²) in [4.78, 5) is 16.7. The van der Waals surface area contributed by atoms with Crippen LogP contribution in [-0.4, -0.2) is 54.0 Å². The fraction of sp³-hybridized carbons (Fsp3) is 0.667. The summed E-state index contributed by atoms with van der Waals surface area (Å²) in [6.07, 6.45) is 4.01. The molecule has 0 saturated heterocycles. The van der Waals surface area contributed by atoms with Crippen molar-refractivity contribution in [1.82, 2.24) is 14.4 Å². The van der Waals surface area contributed by atoms with E-state index in [0.29, 0.717) is 0 Å². The second-order valence-electron chi connectivity index (χ2n) is 5.28. The van der Waals surface area contributed by atoms with Crippen LogP contribution in [0.3, 0.4) is 0 Å². The summed E-state index contributed by atoms with van der Waals surface area (Å²) in [7, 11) is 4.11. The molecule has 4 nitrogen and oxygen atoms in total. The zero-order chi connectivity index (χ0) is 15.1. The fourth-order valence-electron chi connectivity index (χ4n) is 2.22. The van der Waals surface area contributed by atoms with Crippen molar-refractivity contribution < 1.29 is 4.79 Å². The molecule has 1 heterocycles. The molecule has 20 heavy (non-hydrogen) atoms. The molecule has 0 aromatic carbocycles. The second-order valence-corrected chi connectivity index (χ2v) is 6.19. The molecule has 0 fully saturated rings. The molecule has 1 aromatic heterocycles. The van der Waals surface area contributed by atoms with Gasteiger partial charge in [0.05, 0.1) is 0 Å². The molecule has 0 N–H and O–H groups in total. The van der Waals surface area contributed by atoms with Gasteiger partial charge in [-0.2, -0.15) is 0 Å². The summed E-state index contributed by atoms with van der Waals surface area (Å²) >= 11 is 3.47. The van der Waals surface area contributed by atoms with Crippen molar-refractivity contribution in [2.75, 3.05) is 33.7 Å². The van der Waals surface area contributed by atoms with Crippen molar-refractivity contribution in [1.29, 1.82) is 0 Å². The van der Waals surface area contributed by atoms with E-state index < -0.39 is 0 Å². The molecule has 0 bridgehead atoms. The first kappa shape index (κ1) is 17.2. The van der Waals surface area contributed by atoms with E-state index in [2.05, 4.69) is 41.8 Å². The molecule has 1 amide bonds. The first-order valence-electron chi connectivity index (χ1n) is 7.29. The lowest BCUT2D eigenvalue weighted by atomic mass is 10.3. The number of halogens is 1. The third-order valence-electron chi connectivity index (χ3n) is 3.25. The lowest BCUT2D eigenvalue weighted by Crippen LogP contribution is -2.34. The largest absolute Gasteiger partial charge is 0.342 e. The maximum absolute atomic E-state index is 12.6. The molecule has 0 unspecified atom stereocenters. The highest BCUT2D eigenvalue weighted by Gasteiger charge is 2.18. The summed E-state index contributed by atoms with van der Waals surface area (Å²) in [5.41, 5.74) is 0.783. The minimum Gasteiger partial charge on any atom is -0.342 e. The van der Waals surface area contributed by atoms with Gasteiger partial charge in [-0.15, -0.1) is 0 Å². The standard InChI is InChI=1S/C15H26BrN3O/c1-5-8-19-12-13(16)11-14(19)15(20)18(6-2)10-7-9-17(3)4/h11-12H,5-10H2,1-4H3. The number of amides is 1. The average Bonchev–Trinajstić information content (AvgIpc) is 2.75. The Bertz CT molecular complexity index is 429. The first-order valence-corrected chi connectivity index (χ1v) is 8.08. The van der Waals surface area contributed by atoms with Gasteiger partial charge in [-0.3, -0.25) is 4.79 Å². The summed E-state index contributed by atoms with van der Waals surface area (Å²) in [5, 5.41) is 0. The molecule has 0 aliphatic rings. The van der Waals surface area contributed by atoms with Gasteiger partial charge in [0.2, 0.25) is 0 Å². The first-order chi connectivity index (χ1) is 9.49. The molecule has 0 radical (unpaired) electrons. The van der Waals surface area contributed by atoms with E-state index in [9.17, 15) is 4.79 Å². The molecule has 1 rings (SSSR count). The summed E-state index contributed by atoms with van der Waals surface area (Å²) in [6, 6.07) is 1.92. The van der Waals surface area contributed by atoms with E-state index in [4.69, 9.17) is 0 Å². The topological polar surface area (TPSA) is 28.5 Å². The molecule has 114 valence electrons. The van der Waals surface area contributed by atoms with Crippen LogP contribution in [0.15, 0.2) is 16.7 Å². The molecule has 0 atom stereocenters.